The molecular formula is C19H20KN7OS. The zero-order valence-corrected chi connectivity index (χ0v) is 20.3. The van der Waals surface area contributed by atoms with Crippen molar-refractivity contribution in [1.82, 2.24) is 20.2 Å². The Labute approximate surface area is 215 Å². The summed E-state index contributed by atoms with van der Waals surface area (Å²) in [6.45, 7) is 2.60. The van der Waals surface area contributed by atoms with Gasteiger partial charge in [-0.25, -0.2) is 4.98 Å². The van der Waals surface area contributed by atoms with E-state index in [-0.39, 0.29) is 63.2 Å². The normalized spacial score (nSPS) is 12.7. The maximum atomic E-state index is 11.9. The van der Waals surface area contributed by atoms with Gasteiger partial charge < -0.3 is 20.9 Å². The van der Waals surface area contributed by atoms with E-state index in [0.29, 0.717) is 23.3 Å². The monoisotopic (exact) mass is 433 g/mol. The molecule has 0 atom stereocenters. The van der Waals surface area contributed by atoms with Crippen LogP contribution in [0.3, 0.4) is 0 Å². The molecule has 0 saturated heterocycles. The number of hydrogen-bond acceptors (Lipinski definition) is 6. The number of nitrogens with zero attached hydrogens (tertiary/aromatic N) is 4. The molecule has 3 aromatic rings. The molecule has 10 heteroatoms. The average Bonchev–Trinajstić information content (AvgIpc) is 3.42. The van der Waals surface area contributed by atoms with Crippen LogP contribution in [0, 0.1) is 5.92 Å². The molecule has 8 nitrogen and oxygen atoms in total. The van der Waals surface area contributed by atoms with Crippen molar-refractivity contribution >= 4 is 40.8 Å². The van der Waals surface area contributed by atoms with Gasteiger partial charge >= 0.3 is 51.4 Å². The van der Waals surface area contributed by atoms with Crippen LogP contribution < -0.4 is 62.0 Å². The van der Waals surface area contributed by atoms with Crippen LogP contribution in [-0.4, -0.2) is 32.6 Å². The van der Waals surface area contributed by atoms with Gasteiger partial charge in [-0.1, -0.05) is 31.0 Å². The molecule has 29 heavy (non-hydrogen) atoms. The first kappa shape index (κ1) is 22.3. The molecule has 4 rings (SSSR count). The summed E-state index contributed by atoms with van der Waals surface area (Å²) < 4.78 is 0. The number of carbonyl (C=O) groups excluding carboxylic acids is 1. The Morgan fingerprint density at radius 3 is 2.69 bits per heavy atom. The predicted molar refractivity (Wildman–Crippen MR) is 109 cm³/mol. The van der Waals surface area contributed by atoms with Crippen molar-refractivity contribution in [1.29, 1.82) is 0 Å². The number of anilines is 3. The van der Waals surface area contributed by atoms with Crippen LogP contribution in [0.1, 0.15) is 19.8 Å². The zero-order valence-electron chi connectivity index (χ0n) is 16.3. The van der Waals surface area contributed by atoms with E-state index < -0.39 is 0 Å². The fourth-order valence-electron chi connectivity index (χ4n) is 2.53. The summed E-state index contributed by atoms with van der Waals surface area (Å²) in [4.78, 5) is 21.9. The number of aromatic nitrogens is 4. The Balaban J connectivity index is 0.00000240. The summed E-state index contributed by atoms with van der Waals surface area (Å²) in [7, 11) is 0. The Hall–Kier alpha value is -1.43. The Bertz CT molecular complexity index is 946. The minimum Gasteiger partial charge on any atom is -0.466 e. The summed E-state index contributed by atoms with van der Waals surface area (Å²) in [6.07, 6.45) is 3.65. The fourth-order valence-corrected chi connectivity index (χ4v) is 3.30. The predicted octanol–water partition coefficient (Wildman–Crippen LogP) is 1.47. The maximum Gasteiger partial charge on any atom is 1.00 e. The summed E-state index contributed by atoms with van der Waals surface area (Å²) >= 11 is 1.44. The third-order valence-electron chi connectivity index (χ3n) is 4.05. The van der Waals surface area contributed by atoms with E-state index in [1.807, 2.05) is 37.3 Å². The Morgan fingerprint density at radius 2 is 2.03 bits per heavy atom. The minimum atomic E-state index is 0. The molecule has 1 saturated carbocycles. The summed E-state index contributed by atoms with van der Waals surface area (Å²) in [5.74, 6) is 2.30. The summed E-state index contributed by atoms with van der Waals surface area (Å²) in [5.41, 5.74) is 0.804. The number of nitrogens with one attached hydrogen (secondary N) is 3. The first-order valence-corrected chi connectivity index (χ1v) is 9.93. The number of amides is 1. The van der Waals surface area contributed by atoms with E-state index in [1.165, 1.54) is 11.8 Å². The number of aromatic amines is 1. The number of hydrogen-bond donors (Lipinski definition) is 3. The molecule has 1 aliphatic carbocycles. The van der Waals surface area contributed by atoms with Gasteiger partial charge in [-0.15, -0.1) is 0 Å². The molecule has 1 aliphatic rings. The molecule has 1 fully saturated rings. The maximum absolute atomic E-state index is 11.9. The first-order valence-electron chi connectivity index (χ1n) is 9.11. The van der Waals surface area contributed by atoms with Crippen molar-refractivity contribution in [2.24, 2.45) is 5.92 Å². The smallest absolute Gasteiger partial charge is 0.466 e. The fraction of sp³-hybridized carbons (Fsp3) is 0.263. The van der Waals surface area contributed by atoms with E-state index in [2.05, 4.69) is 36.1 Å². The summed E-state index contributed by atoms with van der Waals surface area (Å²) in [6, 6.07) is 11.3. The quantitative estimate of drug-likeness (QED) is 0.367. The first-order chi connectivity index (χ1) is 13.7. The van der Waals surface area contributed by atoms with Crippen LogP contribution in [0.5, 0.6) is 0 Å². The molecule has 1 amide bonds. The molecule has 0 unspecified atom stereocenters. The minimum absolute atomic E-state index is 0. The largest absolute Gasteiger partial charge is 1.00 e. The molecule has 1 aromatic carbocycles. The van der Waals surface area contributed by atoms with Crippen LogP contribution in [0.15, 0.2) is 52.6 Å². The average molecular weight is 434 g/mol. The van der Waals surface area contributed by atoms with Crippen LogP contribution in [0.25, 0.3) is 5.32 Å². The zero-order chi connectivity index (χ0) is 19.3. The molecule has 0 bridgehead atoms. The Morgan fingerprint density at radius 1 is 1.24 bits per heavy atom. The molecule has 0 spiro atoms. The van der Waals surface area contributed by atoms with Crippen molar-refractivity contribution in [2.75, 3.05) is 17.2 Å². The van der Waals surface area contributed by atoms with Gasteiger partial charge in [0.05, 0.1) is 11.4 Å². The van der Waals surface area contributed by atoms with Gasteiger partial charge in [0, 0.05) is 22.6 Å². The van der Waals surface area contributed by atoms with Crippen LogP contribution in [-0.2, 0) is 4.79 Å². The van der Waals surface area contributed by atoms with Crippen molar-refractivity contribution < 1.29 is 56.2 Å². The number of benzene rings is 1. The second kappa shape index (κ2) is 10.6. The third-order valence-corrected chi connectivity index (χ3v) is 4.93. The van der Waals surface area contributed by atoms with E-state index >= 15 is 0 Å². The molecular weight excluding hydrogens is 413 g/mol. The third kappa shape index (κ3) is 6.53. The number of carbonyl (C=O) groups is 1. The summed E-state index contributed by atoms with van der Waals surface area (Å²) in [5, 5.41) is 17.9. The van der Waals surface area contributed by atoms with Crippen LogP contribution in [0.4, 0.5) is 23.1 Å². The second-order valence-corrected chi connectivity index (χ2v) is 7.39. The molecule has 3 N–H and O–H groups in total. The van der Waals surface area contributed by atoms with Crippen molar-refractivity contribution in [3.05, 3.63) is 47.9 Å². The molecule has 0 aliphatic heterocycles. The van der Waals surface area contributed by atoms with E-state index in [1.54, 1.807) is 12.3 Å². The van der Waals surface area contributed by atoms with E-state index in [0.717, 1.165) is 29.2 Å². The SMILES string of the molecule is CC[N-]c1cc(Nc2ccn[nH]2)nc(Sc2ccc(NC(=O)C3CC3)cc2)n1.[K+]. The van der Waals surface area contributed by atoms with Crippen LogP contribution >= 0.6 is 11.8 Å². The van der Waals surface area contributed by atoms with Gasteiger partial charge in [-0.05, 0) is 43.2 Å². The topological polar surface area (TPSA) is 110 Å². The second-order valence-electron chi connectivity index (χ2n) is 6.35. The van der Waals surface area contributed by atoms with Crippen molar-refractivity contribution in [2.45, 2.75) is 29.8 Å². The van der Waals surface area contributed by atoms with Gasteiger partial charge in [0.1, 0.15) is 11.6 Å². The van der Waals surface area contributed by atoms with Gasteiger partial charge in [0.2, 0.25) is 5.91 Å². The van der Waals surface area contributed by atoms with Crippen LogP contribution in [0.2, 0.25) is 0 Å². The van der Waals surface area contributed by atoms with E-state index in [4.69, 9.17) is 0 Å². The Kier molecular flexibility index (Phi) is 8.10. The van der Waals surface area contributed by atoms with Gasteiger partial charge in [0.25, 0.3) is 0 Å². The number of rotatable bonds is 8. The molecule has 2 heterocycles. The van der Waals surface area contributed by atoms with E-state index in [9.17, 15) is 4.79 Å². The number of H-pyrrole nitrogens is 1. The van der Waals surface area contributed by atoms with Crippen molar-refractivity contribution in [3.8, 4) is 0 Å². The van der Waals surface area contributed by atoms with Gasteiger partial charge in [-0.3, -0.25) is 9.89 Å². The molecule has 0 radical (unpaired) electrons. The van der Waals surface area contributed by atoms with Crippen molar-refractivity contribution in [3.63, 3.8) is 0 Å². The molecule has 144 valence electrons. The standard InChI is InChI=1S/C19H21N7OS.K/c1-2-20-16-11-17(23-15-9-10-21-26-15)25-19(24-16)28-14-7-5-13(6-8-14)22-18(27)12-3-4-12;/h5-12H,2-4H2,1H3,(H4,20,21,22,23,24,25,26,27);/q;+1/p-1. The van der Waals surface area contributed by atoms with Gasteiger partial charge in [0.15, 0.2) is 0 Å². The van der Waals surface area contributed by atoms with Gasteiger partial charge in [-0.2, -0.15) is 5.10 Å². The molecule has 2 aromatic heterocycles.